The molecule has 0 aliphatic heterocycles. The number of halogens is 5. The Bertz CT molecular complexity index is 670. The van der Waals surface area contributed by atoms with E-state index in [2.05, 4.69) is 43.8 Å². The Morgan fingerprint density at radius 3 is 2.30 bits per heavy atom. The van der Waals surface area contributed by atoms with Gasteiger partial charge in [-0.15, -0.1) is 0 Å². The van der Waals surface area contributed by atoms with E-state index in [-0.39, 0.29) is 5.91 Å². The van der Waals surface area contributed by atoms with Gasteiger partial charge in [0.05, 0.1) is 21.3 Å². The summed E-state index contributed by atoms with van der Waals surface area (Å²) in [6.07, 6.45) is 0. The smallest absolute Gasteiger partial charge is 0.256 e. The molecule has 0 bridgehead atoms. The molecule has 0 atom stereocenters. The second-order valence-electron chi connectivity index (χ2n) is 3.82. The number of carbonyl (C=O) groups is 1. The van der Waals surface area contributed by atoms with Crippen molar-refractivity contribution in [2.75, 3.05) is 5.32 Å². The van der Waals surface area contributed by atoms with Crippen LogP contribution < -0.4 is 5.32 Å². The summed E-state index contributed by atoms with van der Waals surface area (Å²) in [5, 5.41) is 3.90. The van der Waals surface area contributed by atoms with Crippen molar-refractivity contribution in [3.05, 3.63) is 59.0 Å². The van der Waals surface area contributed by atoms with E-state index in [9.17, 15) is 4.79 Å². The van der Waals surface area contributed by atoms with Gasteiger partial charge in [-0.05, 0) is 52.9 Å². The zero-order valence-electron chi connectivity index (χ0n) is 9.68. The lowest BCUT2D eigenvalue weighted by molar-refractivity contribution is 0.102. The third-order valence-corrected chi connectivity index (χ3v) is 4.65. The van der Waals surface area contributed by atoms with E-state index in [1.54, 1.807) is 30.3 Å². The molecule has 1 amide bonds. The molecule has 2 rings (SSSR count). The average molecular weight is 505 g/mol. The second-order valence-corrected chi connectivity index (χ2v) is 7.15. The van der Waals surface area contributed by atoms with Crippen LogP contribution in [0.4, 0.5) is 5.69 Å². The highest BCUT2D eigenvalue weighted by atomic mass is 127. The molecule has 0 aliphatic rings. The summed E-state index contributed by atoms with van der Waals surface area (Å²) < 4.78 is 1.52. The molecule has 2 aromatic rings. The van der Waals surface area contributed by atoms with Gasteiger partial charge in [0, 0.05) is 13.1 Å². The van der Waals surface area contributed by atoms with Crippen LogP contribution >= 0.6 is 73.3 Å². The fourth-order valence-electron chi connectivity index (χ4n) is 1.51. The van der Waals surface area contributed by atoms with Gasteiger partial charge in [-0.25, -0.2) is 0 Å². The van der Waals surface area contributed by atoms with Crippen molar-refractivity contribution in [3.8, 4) is 0 Å². The first kappa shape index (κ1) is 16.4. The Morgan fingerprint density at radius 1 is 1.10 bits per heavy atom. The molecule has 0 aliphatic carbocycles. The third kappa shape index (κ3) is 3.80. The van der Waals surface area contributed by atoms with Gasteiger partial charge >= 0.3 is 0 Å². The van der Waals surface area contributed by atoms with Crippen LogP contribution in [0.15, 0.2) is 34.8 Å². The molecule has 0 heterocycles. The zero-order chi connectivity index (χ0) is 14.9. The van der Waals surface area contributed by atoms with E-state index in [4.69, 9.17) is 34.8 Å². The lowest BCUT2D eigenvalue weighted by Crippen LogP contribution is -2.14. The normalized spacial score (nSPS) is 10.4. The Morgan fingerprint density at radius 2 is 1.70 bits per heavy atom. The Hall–Kier alpha value is -0.0100. The van der Waals surface area contributed by atoms with Gasteiger partial charge < -0.3 is 5.32 Å². The fourth-order valence-corrected chi connectivity index (χ4v) is 3.57. The Balaban J connectivity index is 2.35. The highest BCUT2D eigenvalue weighted by molar-refractivity contribution is 14.1. The van der Waals surface area contributed by atoms with Crippen molar-refractivity contribution in [2.45, 2.75) is 0 Å². The summed E-state index contributed by atoms with van der Waals surface area (Å²) in [6.45, 7) is 0. The number of rotatable bonds is 2. The summed E-state index contributed by atoms with van der Waals surface area (Å²) in [7, 11) is 0. The Labute approximate surface area is 153 Å². The van der Waals surface area contributed by atoms with Gasteiger partial charge in [0.1, 0.15) is 0 Å². The van der Waals surface area contributed by atoms with Gasteiger partial charge in [-0.2, -0.15) is 0 Å². The van der Waals surface area contributed by atoms with Crippen LogP contribution in [0.1, 0.15) is 10.4 Å². The first-order valence-electron chi connectivity index (χ1n) is 5.29. The number of benzene rings is 2. The highest BCUT2D eigenvalue weighted by Gasteiger charge is 2.15. The quantitative estimate of drug-likeness (QED) is 0.480. The van der Waals surface area contributed by atoms with E-state index in [1.165, 1.54) is 0 Å². The predicted octanol–water partition coefficient (Wildman–Crippen LogP) is 6.27. The van der Waals surface area contributed by atoms with Gasteiger partial charge in [0.15, 0.2) is 0 Å². The first-order chi connectivity index (χ1) is 9.38. The predicted molar refractivity (Wildman–Crippen MR) is 96.3 cm³/mol. The number of hydrogen-bond donors (Lipinski definition) is 1. The summed E-state index contributed by atoms with van der Waals surface area (Å²) in [5.41, 5.74) is 0.838. The maximum atomic E-state index is 12.3. The maximum Gasteiger partial charge on any atom is 0.256 e. The molecular formula is C13H6BrCl3INO. The lowest BCUT2D eigenvalue weighted by Gasteiger charge is -2.11. The van der Waals surface area contributed by atoms with Crippen LogP contribution in [0, 0.1) is 3.57 Å². The van der Waals surface area contributed by atoms with Gasteiger partial charge in [0.2, 0.25) is 0 Å². The molecule has 0 aromatic heterocycles. The molecular weight excluding hydrogens is 499 g/mol. The van der Waals surface area contributed by atoms with E-state index < -0.39 is 0 Å². The number of amides is 1. The minimum atomic E-state index is -0.317. The second kappa shape index (κ2) is 6.83. The molecule has 7 heteroatoms. The van der Waals surface area contributed by atoms with E-state index in [0.29, 0.717) is 26.3 Å². The number of nitrogens with one attached hydrogen (secondary N) is 1. The molecule has 1 N–H and O–H groups in total. The average Bonchev–Trinajstić information content (AvgIpc) is 2.36. The van der Waals surface area contributed by atoms with Crippen molar-refractivity contribution < 1.29 is 4.79 Å². The molecule has 0 unspecified atom stereocenters. The molecule has 0 radical (unpaired) electrons. The van der Waals surface area contributed by atoms with Crippen LogP contribution in [0.3, 0.4) is 0 Å². The molecule has 0 saturated heterocycles. The highest BCUT2D eigenvalue weighted by Crippen LogP contribution is 2.34. The van der Waals surface area contributed by atoms with Crippen LogP contribution in [0.5, 0.6) is 0 Å². The van der Waals surface area contributed by atoms with E-state index in [0.717, 1.165) is 8.04 Å². The SMILES string of the molecule is O=C(Nc1c(Cl)cc(Br)cc1Cl)c1cc(Cl)ccc1I. The molecule has 0 fully saturated rings. The third-order valence-electron chi connectivity index (χ3n) is 2.42. The zero-order valence-corrected chi connectivity index (χ0v) is 15.7. The van der Waals surface area contributed by atoms with Crippen molar-refractivity contribution >= 4 is 84.9 Å². The summed E-state index contributed by atoms with van der Waals surface area (Å²) in [4.78, 5) is 12.3. The van der Waals surface area contributed by atoms with E-state index in [1.807, 2.05) is 0 Å². The standard InChI is InChI=1S/C13H6BrCl3INO/c14-6-3-9(16)12(10(17)4-6)19-13(20)8-5-7(15)1-2-11(8)18/h1-5H,(H,19,20). The van der Waals surface area contributed by atoms with Crippen LogP contribution in [0.2, 0.25) is 15.1 Å². The van der Waals surface area contributed by atoms with Gasteiger partial charge in [0.25, 0.3) is 5.91 Å². The monoisotopic (exact) mass is 503 g/mol. The molecule has 104 valence electrons. The van der Waals surface area contributed by atoms with Crippen LogP contribution in [-0.4, -0.2) is 5.91 Å². The largest absolute Gasteiger partial charge is 0.319 e. The van der Waals surface area contributed by atoms with Gasteiger partial charge in [-0.1, -0.05) is 50.7 Å². The fraction of sp³-hybridized carbons (Fsp3) is 0. The summed E-state index contributed by atoms with van der Waals surface area (Å²) >= 11 is 23.4. The topological polar surface area (TPSA) is 29.1 Å². The molecule has 2 nitrogen and oxygen atoms in total. The van der Waals surface area contributed by atoms with Gasteiger partial charge in [-0.3, -0.25) is 4.79 Å². The molecule has 0 saturated carbocycles. The van der Waals surface area contributed by atoms with E-state index >= 15 is 0 Å². The minimum Gasteiger partial charge on any atom is -0.319 e. The summed E-state index contributed by atoms with van der Waals surface area (Å²) in [5.74, 6) is -0.317. The minimum absolute atomic E-state index is 0.317. The van der Waals surface area contributed by atoms with Crippen molar-refractivity contribution in [2.24, 2.45) is 0 Å². The molecule has 2 aromatic carbocycles. The number of anilines is 1. The molecule has 0 spiro atoms. The molecule has 20 heavy (non-hydrogen) atoms. The van der Waals surface area contributed by atoms with Crippen LogP contribution in [0.25, 0.3) is 0 Å². The lowest BCUT2D eigenvalue weighted by atomic mass is 10.2. The number of carbonyl (C=O) groups excluding carboxylic acids is 1. The van der Waals surface area contributed by atoms with Crippen molar-refractivity contribution in [1.29, 1.82) is 0 Å². The maximum absolute atomic E-state index is 12.3. The number of hydrogen-bond acceptors (Lipinski definition) is 1. The summed E-state index contributed by atoms with van der Waals surface area (Å²) in [6, 6.07) is 8.40. The Kier molecular flexibility index (Phi) is 5.59. The van der Waals surface area contributed by atoms with Crippen molar-refractivity contribution in [1.82, 2.24) is 0 Å². The van der Waals surface area contributed by atoms with Crippen LogP contribution in [-0.2, 0) is 0 Å². The van der Waals surface area contributed by atoms with Crippen molar-refractivity contribution in [3.63, 3.8) is 0 Å². The first-order valence-corrected chi connectivity index (χ1v) is 8.30.